The van der Waals surface area contributed by atoms with Crippen LogP contribution in [-0.4, -0.2) is 80.8 Å². The van der Waals surface area contributed by atoms with Crippen LogP contribution in [0, 0.1) is 5.41 Å². The molecule has 13 heteroatoms. The van der Waals surface area contributed by atoms with E-state index in [1.807, 2.05) is 10.6 Å². The second kappa shape index (κ2) is 5.19. The van der Waals surface area contributed by atoms with Crippen molar-refractivity contribution >= 4 is 23.7 Å². The number of amidine groups is 1. The average molecular weight is 330 g/mol. The first-order valence-corrected chi connectivity index (χ1v) is 6.39. The third kappa shape index (κ3) is 2.03. The summed E-state index contributed by atoms with van der Waals surface area (Å²) in [6.07, 6.45) is -5.90. The number of hydrogen-bond donors (Lipinski definition) is 6. The van der Waals surface area contributed by atoms with Crippen LogP contribution < -0.4 is 10.6 Å². The zero-order chi connectivity index (χ0) is 16.9. The van der Waals surface area contributed by atoms with Crippen LogP contribution in [-0.2, 0) is 19.7 Å². The molecule has 3 aliphatic rings. The normalized spacial score (nSPS) is 39.9. The fourth-order valence-corrected chi connectivity index (χ4v) is 2.58. The molecule has 3 heterocycles. The Balaban J connectivity index is 2.02. The number of amides is 3. The lowest BCUT2D eigenvalue weighted by molar-refractivity contribution is -0.347. The summed E-state index contributed by atoms with van der Waals surface area (Å²) < 4.78 is 5.17. The lowest BCUT2D eigenvalue weighted by Gasteiger charge is -2.30. The van der Waals surface area contributed by atoms with Crippen molar-refractivity contribution in [3.05, 3.63) is 0 Å². The van der Waals surface area contributed by atoms with Gasteiger partial charge in [-0.25, -0.2) is 9.69 Å². The summed E-state index contributed by atoms with van der Waals surface area (Å²) in [5.74, 6) is -2.42. The highest BCUT2D eigenvalue weighted by Crippen LogP contribution is 2.31. The molecule has 1 radical (unpaired) electrons. The number of rotatable bonds is 3. The zero-order valence-electron chi connectivity index (χ0n) is 11.3. The van der Waals surface area contributed by atoms with Crippen molar-refractivity contribution in [1.82, 2.24) is 15.5 Å². The van der Waals surface area contributed by atoms with E-state index in [0.717, 1.165) is 0 Å². The molecular weight excluding hydrogens is 318 g/mol. The Morgan fingerprint density at radius 3 is 2.65 bits per heavy atom. The quantitative estimate of drug-likeness (QED) is 0.223. The van der Waals surface area contributed by atoms with E-state index in [4.69, 9.17) is 15.3 Å². The van der Waals surface area contributed by atoms with Crippen LogP contribution in [0.25, 0.3) is 0 Å². The molecule has 0 spiro atoms. The number of ether oxygens (including phenoxy) is 1. The summed E-state index contributed by atoms with van der Waals surface area (Å²) >= 11 is 0. The van der Waals surface area contributed by atoms with E-state index in [1.165, 1.54) is 0 Å². The molecule has 13 nitrogen and oxygen atoms in total. The van der Waals surface area contributed by atoms with Gasteiger partial charge in [0.2, 0.25) is 5.96 Å². The van der Waals surface area contributed by atoms with Crippen molar-refractivity contribution in [2.24, 2.45) is 4.99 Å². The van der Waals surface area contributed by atoms with Crippen molar-refractivity contribution in [1.29, 1.82) is 5.41 Å². The van der Waals surface area contributed by atoms with Crippen LogP contribution in [0.5, 0.6) is 0 Å². The van der Waals surface area contributed by atoms with Gasteiger partial charge in [0.15, 0.2) is 12.1 Å². The molecule has 23 heavy (non-hydrogen) atoms. The minimum atomic E-state index is -2.52. The van der Waals surface area contributed by atoms with E-state index in [2.05, 4.69) is 9.88 Å². The van der Waals surface area contributed by atoms with Crippen molar-refractivity contribution < 1.29 is 39.8 Å². The number of urea groups is 1. The minimum absolute atomic E-state index is 0.592. The molecule has 0 bridgehead atoms. The maximum absolute atomic E-state index is 12.1. The van der Waals surface area contributed by atoms with E-state index < -0.39 is 60.6 Å². The van der Waals surface area contributed by atoms with E-state index in [9.17, 15) is 25.1 Å². The average Bonchev–Trinajstić information content (AvgIpc) is 2.95. The summed E-state index contributed by atoms with van der Waals surface area (Å²) in [5.41, 5.74) is -2.52. The van der Waals surface area contributed by atoms with Gasteiger partial charge < -0.3 is 20.1 Å². The standard InChI is InChI=1S/C10H12N5O8/c11-8-12-6-10(23-21,7(19)13-8)14-9(20)15(6)5-4(18)3(17)2(1-16)22-5/h2-5,16-18H,1H2,(H,14,20)(H2,11,13,19)/t2-,3-,4-,5-,10?/m1/s1. The Kier molecular flexibility index (Phi) is 3.55. The smallest absolute Gasteiger partial charge is 0.328 e. The maximum Gasteiger partial charge on any atom is 0.328 e. The monoisotopic (exact) mass is 330 g/mol. The number of carbonyl (C=O) groups excluding carboxylic acids is 2. The van der Waals surface area contributed by atoms with Gasteiger partial charge in [-0.2, -0.15) is 9.88 Å². The summed E-state index contributed by atoms with van der Waals surface area (Å²) in [4.78, 5) is 32.0. The molecule has 3 rings (SSSR count). The number of aliphatic hydroxyl groups excluding tert-OH is 3. The minimum Gasteiger partial charge on any atom is -0.394 e. The largest absolute Gasteiger partial charge is 0.394 e. The van der Waals surface area contributed by atoms with Gasteiger partial charge in [-0.3, -0.25) is 20.8 Å². The van der Waals surface area contributed by atoms with Crippen molar-refractivity contribution in [3.63, 3.8) is 0 Å². The summed E-state index contributed by atoms with van der Waals surface area (Å²) in [7, 11) is 0. The van der Waals surface area contributed by atoms with Gasteiger partial charge in [-0.15, -0.1) is 0 Å². The van der Waals surface area contributed by atoms with Crippen LogP contribution in [0.1, 0.15) is 0 Å². The molecule has 6 N–H and O–H groups in total. The van der Waals surface area contributed by atoms with E-state index in [1.54, 1.807) is 0 Å². The predicted molar refractivity (Wildman–Crippen MR) is 65.9 cm³/mol. The zero-order valence-corrected chi connectivity index (χ0v) is 11.3. The van der Waals surface area contributed by atoms with Gasteiger partial charge >= 0.3 is 11.8 Å². The van der Waals surface area contributed by atoms with Gasteiger partial charge in [0.25, 0.3) is 5.91 Å². The molecule has 5 atom stereocenters. The molecule has 2 saturated heterocycles. The number of carbonyl (C=O) groups is 2. The summed E-state index contributed by atoms with van der Waals surface area (Å²) in [6.45, 7) is -0.643. The number of guanidine groups is 1. The van der Waals surface area contributed by atoms with Crippen LogP contribution in [0.2, 0.25) is 0 Å². The topological polar surface area (TPSA) is 197 Å². The Hall–Kier alpha value is -2.16. The molecule has 0 aromatic heterocycles. The van der Waals surface area contributed by atoms with E-state index in [0.29, 0.717) is 4.90 Å². The number of nitrogens with zero attached hydrogens (tertiary/aromatic N) is 2. The van der Waals surface area contributed by atoms with Crippen LogP contribution >= 0.6 is 0 Å². The SMILES string of the molecule is N=C1N=C2N([C@@H]3O[C@H](CO)[C@@H](O)[C@H]3O)C(=O)NC2(O[O])C(=O)N1. The summed E-state index contributed by atoms with van der Waals surface area (Å²) in [5, 5.41) is 51.1. The Morgan fingerprint density at radius 2 is 2.09 bits per heavy atom. The Bertz CT molecular complexity index is 610. The van der Waals surface area contributed by atoms with Crippen molar-refractivity contribution in [2.45, 2.75) is 30.3 Å². The first kappa shape index (κ1) is 15.7. The maximum atomic E-state index is 12.1. The highest BCUT2D eigenvalue weighted by Gasteiger charge is 2.63. The van der Waals surface area contributed by atoms with Gasteiger partial charge in [0.05, 0.1) is 6.61 Å². The molecule has 3 aliphatic heterocycles. The number of aliphatic hydroxyl groups is 3. The second-order valence-corrected chi connectivity index (χ2v) is 5.03. The van der Waals surface area contributed by atoms with Crippen LogP contribution in [0.15, 0.2) is 4.99 Å². The van der Waals surface area contributed by atoms with Gasteiger partial charge in [0, 0.05) is 0 Å². The van der Waals surface area contributed by atoms with Gasteiger partial charge in [0.1, 0.15) is 18.3 Å². The van der Waals surface area contributed by atoms with E-state index >= 15 is 0 Å². The Labute approximate surface area is 127 Å². The molecule has 0 aromatic carbocycles. The third-order valence-electron chi connectivity index (χ3n) is 3.71. The number of nitrogens with one attached hydrogen (secondary N) is 3. The molecule has 0 saturated carbocycles. The predicted octanol–water partition coefficient (Wildman–Crippen LogP) is -4.03. The van der Waals surface area contributed by atoms with E-state index in [-0.39, 0.29) is 0 Å². The first-order chi connectivity index (χ1) is 10.9. The molecule has 1 unspecified atom stereocenters. The first-order valence-electron chi connectivity index (χ1n) is 6.39. The molecule has 0 aliphatic carbocycles. The molecular formula is C10H12N5O8. The summed E-state index contributed by atoms with van der Waals surface area (Å²) in [6, 6.07) is -1.07. The van der Waals surface area contributed by atoms with Gasteiger partial charge in [-0.1, -0.05) is 0 Å². The molecule has 3 amide bonds. The molecule has 125 valence electrons. The van der Waals surface area contributed by atoms with Crippen molar-refractivity contribution in [2.75, 3.05) is 6.61 Å². The number of fused-ring (bicyclic) bond motifs is 1. The number of aliphatic imine (C=N–C) groups is 1. The highest BCUT2D eigenvalue weighted by molar-refractivity contribution is 6.28. The molecule has 2 fully saturated rings. The lowest BCUT2D eigenvalue weighted by Crippen LogP contribution is -2.64. The number of hydrogen-bond acceptors (Lipinski definition) is 8. The Morgan fingerprint density at radius 1 is 1.39 bits per heavy atom. The van der Waals surface area contributed by atoms with Crippen LogP contribution in [0.4, 0.5) is 4.79 Å². The lowest BCUT2D eigenvalue weighted by atomic mass is 10.1. The fourth-order valence-electron chi connectivity index (χ4n) is 2.58. The van der Waals surface area contributed by atoms with Crippen molar-refractivity contribution in [3.8, 4) is 0 Å². The van der Waals surface area contributed by atoms with Crippen LogP contribution in [0.3, 0.4) is 0 Å². The fraction of sp³-hybridized carbons (Fsp3) is 0.600. The third-order valence-corrected chi connectivity index (χ3v) is 3.71. The van der Waals surface area contributed by atoms with Gasteiger partial charge in [-0.05, 0) is 5.26 Å². The molecule has 0 aromatic rings. The highest BCUT2D eigenvalue weighted by atomic mass is 17.1. The second-order valence-electron chi connectivity index (χ2n) is 5.03.